The Bertz CT molecular complexity index is 792. The van der Waals surface area contributed by atoms with E-state index in [1.54, 1.807) is 37.4 Å². The molecule has 0 radical (unpaired) electrons. The van der Waals surface area contributed by atoms with Crippen molar-refractivity contribution in [2.75, 3.05) is 11.9 Å². The third-order valence-electron chi connectivity index (χ3n) is 3.67. The molecule has 1 aliphatic heterocycles. The van der Waals surface area contributed by atoms with Gasteiger partial charge in [-0.1, -0.05) is 17.7 Å². The molecule has 23 heavy (non-hydrogen) atoms. The fourth-order valence-electron chi connectivity index (χ4n) is 2.43. The van der Waals surface area contributed by atoms with Crippen LogP contribution in [0.5, 0.6) is 0 Å². The average Bonchev–Trinajstić information content (AvgIpc) is 2.57. The number of pyridine rings is 1. The van der Waals surface area contributed by atoms with Crippen LogP contribution in [0, 0.1) is 0 Å². The Labute approximate surface area is 137 Å². The predicted octanol–water partition coefficient (Wildman–Crippen LogP) is 2.38. The number of nitrogens with zero attached hydrogens (tertiary/aromatic N) is 2. The number of aliphatic hydroxyl groups excluding tert-OH is 2. The quantitative estimate of drug-likeness (QED) is 0.786. The molecule has 118 valence electrons. The minimum atomic E-state index is -1.16. The number of carbonyl (C=O) groups is 1. The molecule has 0 saturated carbocycles. The first-order valence-electron chi connectivity index (χ1n) is 6.85. The van der Waals surface area contributed by atoms with Crippen LogP contribution in [0.25, 0.3) is 0 Å². The van der Waals surface area contributed by atoms with Gasteiger partial charge >= 0.3 is 0 Å². The van der Waals surface area contributed by atoms with Crippen LogP contribution in [0.4, 0.5) is 5.69 Å². The van der Waals surface area contributed by atoms with Crippen LogP contribution in [0.2, 0.25) is 5.02 Å². The van der Waals surface area contributed by atoms with Crippen LogP contribution in [0.15, 0.2) is 54.3 Å². The van der Waals surface area contributed by atoms with Gasteiger partial charge in [-0.05, 0) is 24.3 Å². The molecular weight excluding hydrogens is 318 g/mol. The zero-order valence-electron chi connectivity index (χ0n) is 12.2. The summed E-state index contributed by atoms with van der Waals surface area (Å²) in [5.74, 6) is -0.687. The minimum Gasteiger partial charge on any atom is -0.493 e. The van der Waals surface area contributed by atoms with Crippen molar-refractivity contribution in [1.82, 2.24) is 10.3 Å². The lowest BCUT2D eigenvalue weighted by Crippen LogP contribution is -2.35. The molecule has 0 aliphatic carbocycles. The number of hydrogen-bond donors (Lipinski definition) is 3. The fourth-order valence-corrected chi connectivity index (χ4v) is 2.60. The highest BCUT2D eigenvalue weighted by molar-refractivity contribution is 6.30. The van der Waals surface area contributed by atoms with Gasteiger partial charge in [0.25, 0.3) is 5.91 Å². The van der Waals surface area contributed by atoms with Crippen LogP contribution in [-0.4, -0.2) is 28.2 Å². The summed E-state index contributed by atoms with van der Waals surface area (Å²) in [6.45, 7) is 0. The van der Waals surface area contributed by atoms with Gasteiger partial charge in [0.2, 0.25) is 5.88 Å². The maximum Gasteiger partial charge on any atom is 0.255 e. The number of rotatable bonds is 2. The summed E-state index contributed by atoms with van der Waals surface area (Å²) in [6, 6.07) is 8.02. The maximum atomic E-state index is 12.2. The molecule has 1 amide bonds. The number of fused-ring (bicyclic) bond motifs is 1. The first kappa shape index (κ1) is 15.3. The standard InChI is InChI=1S/C16H14ClN3O3/c1-20-12-8-10(17)2-3-11(12)14(21)13(16(20)23)19-15(22)9-4-6-18-7-5-9/h2-8,14,21,23H,1H3,(H,19,22). The number of nitrogens with one attached hydrogen (secondary N) is 1. The Balaban J connectivity index is 1.95. The smallest absolute Gasteiger partial charge is 0.255 e. The lowest BCUT2D eigenvalue weighted by Gasteiger charge is -2.32. The number of halogens is 1. The summed E-state index contributed by atoms with van der Waals surface area (Å²) < 4.78 is 0. The van der Waals surface area contributed by atoms with E-state index in [2.05, 4.69) is 10.3 Å². The molecule has 1 aliphatic rings. The number of hydrogen-bond acceptors (Lipinski definition) is 5. The van der Waals surface area contributed by atoms with E-state index >= 15 is 0 Å². The number of benzene rings is 1. The molecule has 1 aromatic carbocycles. The minimum absolute atomic E-state index is 0.0177. The van der Waals surface area contributed by atoms with Gasteiger partial charge in [-0.25, -0.2) is 0 Å². The van der Waals surface area contributed by atoms with Crippen LogP contribution in [0.1, 0.15) is 22.0 Å². The summed E-state index contributed by atoms with van der Waals surface area (Å²) >= 11 is 5.96. The van der Waals surface area contributed by atoms with Crippen molar-refractivity contribution in [3.8, 4) is 0 Å². The van der Waals surface area contributed by atoms with Crippen molar-refractivity contribution >= 4 is 23.2 Å². The molecule has 1 atom stereocenters. The zero-order valence-corrected chi connectivity index (χ0v) is 12.9. The third-order valence-corrected chi connectivity index (χ3v) is 3.91. The second-order valence-electron chi connectivity index (χ2n) is 5.09. The monoisotopic (exact) mass is 331 g/mol. The fraction of sp³-hybridized carbons (Fsp3) is 0.125. The number of aromatic nitrogens is 1. The molecule has 7 heteroatoms. The molecule has 3 N–H and O–H groups in total. The van der Waals surface area contributed by atoms with Gasteiger partial charge in [-0.2, -0.15) is 0 Å². The second-order valence-corrected chi connectivity index (χ2v) is 5.53. The van der Waals surface area contributed by atoms with Gasteiger partial charge in [0.05, 0.1) is 5.69 Å². The van der Waals surface area contributed by atoms with Crippen molar-refractivity contribution in [2.45, 2.75) is 6.10 Å². The van der Waals surface area contributed by atoms with Crippen LogP contribution in [-0.2, 0) is 0 Å². The molecule has 6 nitrogen and oxygen atoms in total. The van der Waals surface area contributed by atoms with Crippen LogP contribution >= 0.6 is 11.6 Å². The topological polar surface area (TPSA) is 85.7 Å². The normalized spacial score (nSPS) is 17.0. The molecule has 1 aromatic heterocycles. The lowest BCUT2D eigenvalue weighted by molar-refractivity contribution is 0.0940. The summed E-state index contributed by atoms with van der Waals surface area (Å²) in [5, 5.41) is 23.8. The highest BCUT2D eigenvalue weighted by Gasteiger charge is 2.31. The third kappa shape index (κ3) is 2.74. The Kier molecular flexibility index (Phi) is 3.94. The van der Waals surface area contributed by atoms with E-state index in [-0.39, 0.29) is 11.6 Å². The molecule has 0 fully saturated rings. The molecule has 0 spiro atoms. The number of amides is 1. The van der Waals surface area contributed by atoms with E-state index < -0.39 is 12.0 Å². The Morgan fingerprint density at radius 3 is 2.70 bits per heavy atom. The second kappa shape index (κ2) is 5.91. The van der Waals surface area contributed by atoms with E-state index in [0.717, 1.165) is 0 Å². The highest BCUT2D eigenvalue weighted by atomic mass is 35.5. The van der Waals surface area contributed by atoms with E-state index in [9.17, 15) is 15.0 Å². The molecule has 2 aromatic rings. The maximum absolute atomic E-state index is 12.2. The Morgan fingerprint density at radius 2 is 2.00 bits per heavy atom. The van der Waals surface area contributed by atoms with Crippen molar-refractivity contribution in [2.24, 2.45) is 0 Å². The van der Waals surface area contributed by atoms with Crippen molar-refractivity contribution in [3.63, 3.8) is 0 Å². The molecule has 0 saturated heterocycles. The molecule has 3 rings (SSSR count). The number of anilines is 1. The van der Waals surface area contributed by atoms with Gasteiger partial charge < -0.3 is 20.4 Å². The van der Waals surface area contributed by atoms with Crippen LogP contribution < -0.4 is 10.2 Å². The summed E-state index contributed by atoms with van der Waals surface area (Å²) in [6.07, 6.45) is 1.82. The predicted molar refractivity (Wildman–Crippen MR) is 86.2 cm³/mol. The van der Waals surface area contributed by atoms with Crippen molar-refractivity contribution in [3.05, 3.63) is 70.5 Å². The molecule has 0 bridgehead atoms. The lowest BCUT2D eigenvalue weighted by atomic mass is 9.99. The molecule has 2 heterocycles. The van der Waals surface area contributed by atoms with Crippen LogP contribution in [0.3, 0.4) is 0 Å². The highest BCUT2D eigenvalue weighted by Crippen LogP contribution is 2.38. The Hall–Kier alpha value is -2.57. The van der Waals surface area contributed by atoms with Crippen molar-refractivity contribution < 1.29 is 15.0 Å². The van der Waals surface area contributed by atoms with Crippen molar-refractivity contribution in [1.29, 1.82) is 0 Å². The van der Waals surface area contributed by atoms with Gasteiger partial charge in [-0.15, -0.1) is 0 Å². The molecular formula is C16H14ClN3O3. The average molecular weight is 332 g/mol. The van der Waals surface area contributed by atoms with Gasteiger partial charge in [0.15, 0.2) is 0 Å². The zero-order chi connectivity index (χ0) is 16.6. The Morgan fingerprint density at radius 1 is 1.30 bits per heavy atom. The van der Waals surface area contributed by atoms with E-state index in [1.165, 1.54) is 17.3 Å². The van der Waals surface area contributed by atoms with E-state index in [0.29, 0.717) is 21.8 Å². The summed E-state index contributed by atoms with van der Waals surface area (Å²) in [4.78, 5) is 17.5. The molecule has 1 unspecified atom stereocenters. The van der Waals surface area contributed by atoms with Gasteiger partial charge in [0, 0.05) is 35.6 Å². The number of aliphatic hydroxyl groups is 2. The van der Waals surface area contributed by atoms with E-state index in [4.69, 9.17) is 11.6 Å². The first-order valence-corrected chi connectivity index (χ1v) is 7.22. The van der Waals surface area contributed by atoms with Gasteiger partial charge in [-0.3, -0.25) is 9.78 Å². The number of carbonyl (C=O) groups excluding carboxylic acids is 1. The van der Waals surface area contributed by atoms with E-state index in [1.807, 2.05) is 0 Å². The first-order chi connectivity index (χ1) is 11.0. The SMILES string of the molecule is CN1C(O)=C(NC(=O)c2ccncc2)C(O)c2ccc(Cl)cc21. The summed E-state index contributed by atoms with van der Waals surface area (Å²) in [5.41, 5.74) is 1.50. The largest absolute Gasteiger partial charge is 0.493 e. The summed E-state index contributed by atoms with van der Waals surface area (Å²) in [7, 11) is 1.62. The van der Waals surface area contributed by atoms with Gasteiger partial charge in [0.1, 0.15) is 11.8 Å².